The number of hydrogen-bond donors (Lipinski definition) is 1. The molecule has 3 aliphatic heterocycles. The number of esters is 1. The third-order valence-corrected chi connectivity index (χ3v) is 5.42. The SMILES string of the molecule is O=C1OCC2=C1[C@@H](c1cccs1)NC(=O)N2CC(=O)N1CCOCC1. The van der Waals surface area contributed by atoms with Gasteiger partial charge in [-0.25, -0.2) is 9.59 Å². The first-order valence-corrected chi connectivity index (χ1v) is 8.90. The molecule has 1 aromatic heterocycles. The summed E-state index contributed by atoms with van der Waals surface area (Å²) < 4.78 is 10.4. The maximum atomic E-state index is 12.6. The summed E-state index contributed by atoms with van der Waals surface area (Å²) in [5.41, 5.74) is 0.894. The first kappa shape index (κ1) is 16.1. The van der Waals surface area contributed by atoms with Gasteiger partial charge >= 0.3 is 12.0 Å². The van der Waals surface area contributed by atoms with Crippen molar-refractivity contribution in [3.63, 3.8) is 0 Å². The van der Waals surface area contributed by atoms with Gasteiger partial charge in [-0.15, -0.1) is 11.3 Å². The standard InChI is InChI=1S/C16H17N3O5S/c20-12(18-3-5-23-6-4-18)8-19-10-9-24-15(21)13(10)14(17-16(19)22)11-2-1-7-25-11/h1-2,7,14H,3-6,8-9H2,(H,17,22)/t14-/m1/s1. The third kappa shape index (κ3) is 2.89. The molecule has 0 aliphatic carbocycles. The van der Waals surface area contributed by atoms with E-state index in [0.29, 0.717) is 37.6 Å². The summed E-state index contributed by atoms with van der Waals surface area (Å²) in [6.07, 6.45) is 0. The summed E-state index contributed by atoms with van der Waals surface area (Å²) >= 11 is 1.46. The Morgan fingerprint density at radius 2 is 2.12 bits per heavy atom. The van der Waals surface area contributed by atoms with Crippen LogP contribution in [0.5, 0.6) is 0 Å². The Hall–Kier alpha value is -2.39. The number of nitrogens with zero attached hydrogens (tertiary/aromatic N) is 2. The zero-order valence-corrected chi connectivity index (χ0v) is 14.2. The summed E-state index contributed by atoms with van der Waals surface area (Å²) in [4.78, 5) is 41.1. The Morgan fingerprint density at radius 1 is 1.32 bits per heavy atom. The van der Waals surface area contributed by atoms with Crippen LogP contribution in [0.2, 0.25) is 0 Å². The van der Waals surface area contributed by atoms with Crippen molar-refractivity contribution in [3.8, 4) is 0 Å². The maximum Gasteiger partial charge on any atom is 0.338 e. The van der Waals surface area contributed by atoms with Crippen LogP contribution >= 0.6 is 11.3 Å². The number of nitrogens with one attached hydrogen (secondary N) is 1. The lowest BCUT2D eigenvalue weighted by Gasteiger charge is -2.34. The quantitative estimate of drug-likeness (QED) is 0.790. The molecule has 1 N–H and O–H groups in total. The number of cyclic esters (lactones) is 1. The predicted octanol–water partition coefficient (Wildman–Crippen LogP) is 0.484. The average Bonchev–Trinajstić information content (AvgIpc) is 3.28. The van der Waals surface area contributed by atoms with Crippen molar-refractivity contribution < 1.29 is 23.9 Å². The number of carbonyl (C=O) groups is 3. The fraction of sp³-hybridized carbons (Fsp3) is 0.438. The van der Waals surface area contributed by atoms with E-state index in [1.165, 1.54) is 16.2 Å². The Labute approximate surface area is 148 Å². The molecule has 4 heterocycles. The van der Waals surface area contributed by atoms with Crippen LogP contribution < -0.4 is 5.32 Å². The van der Waals surface area contributed by atoms with Crippen molar-refractivity contribution in [3.05, 3.63) is 33.7 Å². The van der Waals surface area contributed by atoms with Crippen molar-refractivity contribution in [1.82, 2.24) is 15.1 Å². The van der Waals surface area contributed by atoms with Gasteiger partial charge in [0.15, 0.2) is 0 Å². The molecule has 0 spiro atoms. The largest absolute Gasteiger partial charge is 0.456 e. The van der Waals surface area contributed by atoms with Crippen LogP contribution in [0.15, 0.2) is 28.8 Å². The number of rotatable bonds is 3. The normalized spacial score (nSPS) is 23.4. The molecule has 3 aliphatic rings. The molecule has 4 rings (SSSR count). The highest BCUT2D eigenvalue weighted by Crippen LogP contribution is 2.36. The van der Waals surface area contributed by atoms with Crippen molar-refractivity contribution in [1.29, 1.82) is 0 Å². The summed E-state index contributed by atoms with van der Waals surface area (Å²) in [6.45, 7) is 1.90. The van der Waals surface area contributed by atoms with E-state index in [0.717, 1.165) is 4.88 Å². The monoisotopic (exact) mass is 363 g/mol. The zero-order chi connectivity index (χ0) is 17.4. The number of ether oxygens (including phenoxy) is 2. The van der Waals surface area contributed by atoms with Crippen LogP contribution in [-0.2, 0) is 19.1 Å². The van der Waals surface area contributed by atoms with Gasteiger partial charge in [-0.2, -0.15) is 0 Å². The summed E-state index contributed by atoms with van der Waals surface area (Å²) in [5, 5.41) is 4.71. The molecule has 1 saturated heterocycles. The molecule has 25 heavy (non-hydrogen) atoms. The van der Waals surface area contributed by atoms with Crippen LogP contribution in [0.1, 0.15) is 10.9 Å². The minimum absolute atomic E-state index is 0.0137. The average molecular weight is 363 g/mol. The van der Waals surface area contributed by atoms with Crippen LogP contribution in [0, 0.1) is 0 Å². The molecule has 1 atom stereocenters. The topological polar surface area (TPSA) is 88.2 Å². The number of hydrogen-bond acceptors (Lipinski definition) is 6. The van der Waals surface area contributed by atoms with Gasteiger partial charge in [-0.3, -0.25) is 9.69 Å². The van der Waals surface area contributed by atoms with E-state index in [9.17, 15) is 14.4 Å². The Kier molecular flexibility index (Phi) is 4.18. The summed E-state index contributed by atoms with van der Waals surface area (Å²) in [6, 6.07) is 2.81. The van der Waals surface area contributed by atoms with Gasteiger partial charge in [0, 0.05) is 18.0 Å². The van der Waals surface area contributed by atoms with E-state index in [4.69, 9.17) is 9.47 Å². The van der Waals surface area contributed by atoms with Crippen molar-refractivity contribution in [2.24, 2.45) is 0 Å². The lowest BCUT2D eigenvalue weighted by Crippen LogP contribution is -2.52. The molecule has 0 saturated carbocycles. The third-order valence-electron chi connectivity index (χ3n) is 4.48. The molecule has 8 nitrogen and oxygen atoms in total. The van der Waals surface area contributed by atoms with Crippen LogP contribution in [0.4, 0.5) is 4.79 Å². The van der Waals surface area contributed by atoms with Crippen molar-refractivity contribution in [2.75, 3.05) is 39.5 Å². The van der Waals surface area contributed by atoms with E-state index in [2.05, 4.69) is 5.32 Å². The number of morpholine rings is 1. The smallest absolute Gasteiger partial charge is 0.338 e. The van der Waals surface area contributed by atoms with Crippen LogP contribution in [-0.4, -0.2) is 67.2 Å². The first-order valence-electron chi connectivity index (χ1n) is 8.02. The lowest BCUT2D eigenvalue weighted by atomic mass is 10.0. The van der Waals surface area contributed by atoms with Gasteiger partial charge in [0.2, 0.25) is 5.91 Å². The van der Waals surface area contributed by atoms with Crippen molar-refractivity contribution >= 4 is 29.2 Å². The lowest BCUT2D eigenvalue weighted by molar-refractivity contribution is -0.136. The number of urea groups is 1. The summed E-state index contributed by atoms with van der Waals surface area (Å²) in [5.74, 6) is -0.614. The van der Waals surface area contributed by atoms with E-state index < -0.39 is 18.0 Å². The second-order valence-electron chi connectivity index (χ2n) is 5.91. The second-order valence-corrected chi connectivity index (χ2v) is 6.89. The maximum absolute atomic E-state index is 12.6. The number of carbonyl (C=O) groups excluding carboxylic acids is 3. The molecule has 3 amide bonds. The van der Waals surface area contributed by atoms with E-state index in [1.54, 1.807) is 4.90 Å². The Balaban J connectivity index is 1.60. The molecule has 0 aromatic carbocycles. The van der Waals surface area contributed by atoms with E-state index >= 15 is 0 Å². The Bertz CT molecular complexity index is 739. The van der Waals surface area contributed by atoms with Gasteiger partial charge in [-0.1, -0.05) is 6.07 Å². The van der Waals surface area contributed by atoms with E-state index in [1.807, 2.05) is 17.5 Å². The highest BCUT2D eigenvalue weighted by Gasteiger charge is 2.43. The van der Waals surface area contributed by atoms with Gasteiger partial charge in [0.05, 0.1) is 30.5 Å². The highest BCUT2D eigenvalue weighted by molar-refractivity contribution is 7.10. The minimum atomic E-state index is -0.521. The first-order chi connectivity index (χ1) is 12.1. The molecule has 132 valence electrons. The van der Waals surface area contributed by atoms with Gasteiger partial charge in [0.25, 0.3) is 0 Å². The highest BCUT2D eigenvalue weighted by atomic mass is 32.1. The number of amides is 3. The second kappa shape index (κ2) is 6.49. The Morgan fingerprint density at radius 3 is 2.84 bits per heavy atom. The predicted molar refractivity (Wildman–Crippen MR) is 87.7 cm³/mol. The fourth-order valence-electron chi connectivity index (χ4n) is 3.20. The number of thiophene rings is 1. The van der Waals surface area contributed by atoms with E-state index in [-0.39, 0.29) is 19.1 Å². The fourth-order valence-corrected chi connectivity index (χ4v) is 3.98. The molecule has 9 heteroatoms. The summed E-state index contributed by atoms with van der Waals surface area (Å²) in [7, 11) is 0. The van der Waals surface area contributed by atoms with Gasteiger partial charge in [-0.05, 0) is 11.4 Å². The van der Waals surface area contributed by atoms with Crippen molar-refractivity contribution in [2.45, 2.75) is 6.04 Å². The molecule has 1 aromatic rings. The molecule has 1 fully saturated rings. The van der Waals surface area contributed by atoms with Crippen LogP contribution in [0.3, 0.4) is 0 Å². The van der Waals surface area contributed by atoms with Crippen LogP contribution in [0.25, 0.3) is 0 Å². The molecule has 0 unspecified atom stereocenters. The molecular weight excluding hydrogens is 346 g/mol. The zero-order valence-electron chi connectivity index (χ0n) is 13.4. The minimum Gasteiger partial charge on any atom is -0.456 e. The van der Waals surface area contributed by atoms with Gasteiger partial charge in [0.1, 0.15) is 13.2 Å². The van der Waals surface area contributed by atoms with Gasteiger partial charge < -0.3 is 19.7 Å². The molecule has 0 radical (unpaired) electrons. The molecular formula is C16H17N3O5S. The molecule has 0 bridgehead atoms.